The highest BCUT2D eigenvalue weighted by molar-refractivity contribution is 5.15. The Kier molecular flexibility index (Phi) is 7.51. The average molecular weight is 484 g/mol. The third-order valence-electron chi connectivity index (χ3n) is 4.27. The third-order valence-corrected chi connectivity index (χ3v) is 4.27. The zero-order valence-electron chi connectivity index (χ0n) is 14.9. The van der Waals surface area contributed by atoms with Gasteiger partial charge in [0.25, 0.3) is 0 Å². The van der Waals surface area contributed by atoms with Gasteiger partial charge in [-0.2, -0.15) is 65.9 Å². The van der Waals surface area contributed by atoms with Crippen LogP contribution in [0.25, 0.3) is 0 Å². The van der Waals surface area contributed by atoms with E-state index in [0.29, 0.717) is 0 Å². The Balaban J connectivity index is 6.48. The maximum Gasteiger partial charge on any atom is 0.460 e. The zero-order chi connectivity index (χ0) is 24.8. The summed E-state index contributed by atoms with van der Waals surface area (Å²) in [5.74, 6) is -47.2. The lowest BCUT2D eigenvalue weighted by Crippen LogP contribution is -2.75. The van der Waals surface area contributed by atoms with Crippen molar-refractivity contribution in [2.24, 2.45) is 0 Å². The van der Waals surface area contributed by atoms with E-state index in [1.807, 2.05) is 0 Å². The number of alkyl halides is 15. The Hall–Kier alpha value is -1.09. The Labute approximate surface area is 159 Å². The summed E-state index contributed by atoms with van der Waals surface area (Å²) in [7, 11) is 0. The minimum Gasteiger partial charge on any atom is -0.384 e. The van der Waals surface area contributed by atoms with Crippen LogP contribution in [0.5, 0.6) is 0 Å². The molecule has 0 aromatic heterocycles. The van der Waals surface area contributed by atoms with Gasteiger partial charge in [0.2, 0.25) is 0 Å². The molecule has 0 aliphatic rings. The molecule has 0 saturated carbocycles. The van der Waals surface area contributed by atoms with E-state index >= 15 is 0 Å². The number of hydrogen-bond acceptors (Lipinski definition) is 1. The predicted octanol–water partition coefficient (Wildman–Crippen LogP) is 6.69. The molecule has 0 amide bonds. The van der Waals surface area contributed by atoms with E-state index in [0.717, 1.165) is 0 Å². The molecule has 1 unspecified atom stereocenters. The van der Waals surface area contributed by atoms with Crippen molar-refractivity contribution in [1.82, 2.24) is 0 Å². The third kappa shape index (κ3) is 3.92. The zero-order valence-corrected chi connectivity index (χ0v) is 14.9. The number of aliphatic hydroxyl groups is 1. The van der Waals surface area contributed by atoms with Gasteiger partial charge in [-0.15, -0.1) is 0 Å². The highest BCUT2D eigenvalue weighted by Gasteiger charge is 2.94. The maximum atomic E-state index is 13.9. The van der Waals surface area contributed by atoms with Crippen molar-refractivity contribution in [3.8, 4) is 0 Å². The van der Waals surface area contributed by atoms with Gasteiger partial charge >= 0.3 is 41.7 Å². The van der Waals surface area contributed by atoms with Gasteiger partial charge in [0.1, 0.15) is 5.60 Å². The van der Waals surface area contributed by atoms with E-state index in [-0.39, 0.29) is 19.8 Å². The van der Waals surface area contributed by atoms with Crippen LogP contribution in [0.15, 0.2) is 0 Å². The highest BCUT2D eigenvalue weighted by Crippen LogP contribution is 2.63. The molecule has 0 rings (SSSR count). The molecule has 0 bridgehead atoms. The quantitative estimate of drug-likeness (QED) is 0.271. The molecule has 1 atom stereocenters. The maximum absolute atomic E-state index is 13.9. The summed E-state index contributed by atoms with van der Waals surface area (Å²) < 4.78 is 196. The molecule has 0 aromatic rings. The standard InChI is InChI=1S/C14H15F15O/c1-3-4-5-6-7(2,30)8(15,16)9(17,18)10(19,20)11(21,22)12(23,24)13(25,26)14(27,28)29/h30H,3-6H2,1-2H3. The predicted molar refractivity (Wildman–Crippen MR) is 70.5 cm³/mol. The molecule has 16 heteroatoms. The van der Waals surface area contributed by atoms with E-state index in [2.05, 4.69) is 0 Å². The second-order valence-corrected chi connectivity index (χ2v) is 6.68. The van der Waals surface area contributed by atoms with Crippen LogP contribution in [0.2, 0.25) is 0 Å². The first-order chi connectivity index (χ1) is 12.8. The van der Waals surface area contributed by atoms with E-state index < -0.39 is 60.2 Å². The molecule has 0 aliphatic carbocycles. The molecule has 0 saturated heterocycles. The van der Waals surface area contributed by atoms with Crippen molar-refractivity contribution in [3.05, 3.63) is 0 Å². The molecule has 1 N–H and O–H groups in total. The lowest BCUT2D eigenvalue weighted by atomic mass is 9.82. The van der Waals surface area contributed by atoms with Crippen LogP contribution < -0.4 is 0 Å². The minimum atomic E-state index is -8.34. The van der Waals surface area contributed by atoms with Gasteiger partial charge < -0.3 is 5.11 Å². The molecule has 0 heterocycles. The number of unbranched alkanes of at least 4 members (excludes halogenated alkanes) is 2. The van der Waals surface area contributed by atoms with Gasteiger partial charge in [-0.1, -0.05) is 26.2 Å². The SMILES string of the molecule is CCCCCC(C)(O)C(F)(F)C(F)(F)C(F)(F)C(F)(F)C(F)(F)C(F)(F)C(F)(F)F. The van der Waals surface area contributed by atoms with Crippen LogP contribution >= 0.6 is 0 Å². The first-order valence-corrected chi connectivity index (χ1v) is 7.87. The number of halogens is 15. The Morgan fingerprint density at radius 1 is 0.500 bits per heavy atom. The van der Waals surface area contributed by atoms with E-state index in [9.17, 15) is 71.0 Å². The lowest BCUT2D eigenvalue weighted by Gasteiger charge is -2.44. The Morgan fingerprint density at radius 3 is 1.10 bits per heavy atom. The van der Waals surface area contributed by atoms with Crippen molar-refractivity contribution in [1.29, 1.82) is 0 Å². The van der Waals surface area contributed by atoms with Crippen molar-refractivity contribution in [2.75, 3.05) is 0 Å². The van der Waals surface area contributed by atoms with Gasteiger partial charge in [-0.3, -0.25) is 0 Å². The van der Waals surface area contributed by atoms with Gasteiger partial charge in [0, 0.05) is 0 Å². The summed E-state index contributed by atoms with van der Waals surface area (Å²) in [6.45, 7) is 1.19. The molecule has 0 aliphatic heterocycles. The molecule has 0 radical (unpaired) electrons. The largest absolute Gasteiger partial charge is 0.460 e. The van der Waals surface area contributed by atoms with E-state index in [1.54, 1.807) is 0 Å². The van der Waals surface area contributed by atoms with Gasteiger partial charge in [0.05, 0.1) is 0 Å². The summed E-state index contributed by atoms with van der Waals surface area (Å²) in [5, 5.41) is 9.40. The van der Waals surface area contributed by atoms with Crippen molar-refractivity contribution in [3.63, 3.8) is 0 Å². The molecule has 0 fully saturated rings. The first kappa shape index (κ1) is 28.9. The molecule has 182 valence electrons. The van der Waals surface area contributed by atoms with Crippen LogP contribution in [-0.4, -0.2) is 52.4 Å². The number of rotatable bonds is 10. The van der Waals surface area contributed by atoms with Crippen molar-refractivity contribution in [2.45, 2.75) is 86.8 Å². The van der Waals surface area contributed by atoms with Crippen LogP contribution in [-0.2, 0) is 0 Å². The molecule has 0 aromatic carbocycles. The van der Waals surface area contributed by atoms with Gasteiger partial charge in [0.15, 0.2) is 0 Å². The summed E-state index contributed by atoms with van der Waals surface area (Å²) in [4.78, 5) is 0. The van der Waals surface area contributed by atoms with Crippen LogP contribution in [0.1, 0.15) is 39.5 Å². The van der Waals surface area contributed by atoms with Crippen LogP contribution in [0, 0.1) is 0 Å². The summed E-state index contributed by atoms with van der Waals surface area (Å²) in [6.07, 6.45) is -9.54. The lowest BCUT2D eigenvalue weighted by molar-refractivity contribution is -0.459. The average Bonchev–Trinajstić information content (AvgIpc) is 2.52. The number of hydrogen-bond donors (Lipinski definition) is 1. The van der Waals surface area contributed by atoms with E-state index in [4.69, 9.17) is 0 Å². The molecular weight excluding hydrogens is 469 g/mol. The van der Waals surface area contributed by atoms with Crippen molar-refractivity contribution >= 4 is 0 Å². The minimum absolute atomic E-state index is 0.0692. The van der Waals surface area contributed by atoms with E-state index in [1.165, 1.54) is 6.92 Å². The first-order valence-electron chi connectivity index (χ1n) is 7.87. The van der Waals surface area contributed by atoms with Gasteiger partial charge in [-0.25, -0.2) is 0 Å². The molecule has 0 spiro atoms. The second kappa shape index (κ2) is 7.80. The monoisotopic (exact) mass is 484 g/mol. The fourth-order valence-corrected chi connectivity index (χ4v) is 2.18. The topological polar surface area (TPSA) is 20.2 Å². The highest BCUT2D eigenvalue weighted by atomic mass is 19.4. The fraction of sp³-hybridized carbons (Fsp3) is 1.00. The second-order valence-electron chi connectivity index (χ2n) is 6.68. The molecule has 30 heavy (non-hydrogen) atoms. The van der Waals surface area contributed by atoms with Crippen molar-refractivity contribution < 1.29 is 71.0 Å². The normalized spacial score (nSPS) is 17.8. The summed E-state index contributed by atoms with van der Waals surface area (Å²) in [6, 6.07) is 0. The summed E-state index contributed by atoms with van der Waals surface area (Å²) >= 11 is 0. The fourth-order valence-electron chi connectivity index (χ4n) is 2.18. The Morgan fingerprint density at radius 2 is 0.800 bits per heavy atom. The molecular formula is C14H15F15O. The van der Waals surface area contributed by atoms with Gasteiger partial charge in [-0.05, 0) is 13.3 Å². The Bertz CT molecular complexity index is 591. The molecule has 1 nitrogen and oxygen atoms in total. The van der Waals surface area contributed by atoms with Crippen LogP contribution in [0.3, 0.4) is 0 Å². The van der Waals surface area contributed by atoms with Crippen LogP contribution in [0.4, 0.5) is 65.9 Å². The summed E-state index contributed by atoms with van der Waals surface area (Å²) in [5.41, 5.74) is -4.26. The smallest absolute Gasteiger partial charge is 0.384 e.